The molecule has 0 spiro atoms. The second kappa shape index (κ2) is 6.72. The highest BCUT2D eigenvalue weighted by Crippen LogP contribution is 2.16. The minimum absolute atomic E-state index is 0.592. The predicted molar refractivity (Wildman–Crippen MR) is 61.2 cm³/mol. The van der Waals surface area contributed by atoms with Crippen LogP contribution in [0.15, 0.2) is 0 Å². The third kappa shape index (κ3) is 4.37. The van der Waals surface area contributed by atoms with Crippen molar-refractivity contribution in [1.82, 2.24) is 0 Å². The molecular formula is C11H22OS+. The van der Waals surface area contributed by atoms with Crippen LogP contribution in [0.4, 0.5) is 0 Å². The van der Waals surface area contributed by atoms with Gasteiger partial charge in [-0.3, -0.25) is 0 Å². The van der Waals surface area contributed by atoms with Crippen molar-refractivity contribution in [2.45, 2.75) is 39.2 Å². The summed E-state index contributed by atoms with van der Waals surface area (Å²) in [6.45, 7) is 5.46. The summed E-state index contributed by atoms with van der Waals surface area (Å²) in [4.78, 5) is 0. The number of hydrogen-bond acceptors (Lipinski definition) is 1. The third-order valence-electron chi connectivity index (χ3n) is 2.34. The molecule has 0 aromatic rings. The maximum absolute atomic E-state index is 5.67. The van der Waals surface area contributed by atoms with Gasteiger partial charge in [-0.1, -0.05) is 13.8 Å². The highest BCUT2D eigenvalue weighted by molar-refractivity contribution is 7.96. The zero-order valence-electron chi connectivity index (χ0n) is 8.92. The fourth-order valence-electron chi connectivity index (χ4n) is 1.80. The smallest absolute Gasteiger partial charge is 0.134 e. The molecule has 77 valence electrons. The topological polar surface area (TPSA) is 9.23 Å². The van der Waals surface area contributed by atoms with Crippen LogP contribution in [-0.4, -0.2) is 30.0 Å². The van der Waals surface area contributed by atoms with Crippen LogP contribution in [0.2, 0.25) is 0 Å². The molecule has 0 aromatic heterocycles. The maximum Gasteiger partial charge on any atom is 0.134 e. The summed E-state index contributed by atoms with van der Waals surface area (Å²) in [5, 5.41) is 0. The van der Waals surface area contributed by atoms with E-state index >= 15 is 0 Å². The fourth-order valence-corrected chi connectivity index (χ4v) is 4.10. The summed E-state index contributed by atoms with van der Waals surface area (Å²) in [7, 11) is 0.605. The molecule has 0 bridgehead atoms. The molecule has 2 heteroatoms. The van der Waals surface area contributed by atoms with Crippen LogP contribution in [-0.2, 0) is 15.6 Å². The van der Waals surface area contributed by atoms with Gasteiger partial charge in [0.05, 0.1) is 0 Å². The van der Waals surface area contributed by atoms with Crippen LogP contribution >= 0.6 is 0 Å². The second-order valence-corrected chi connectivity index (χ2v) is 5.99. The zero-order valence-corrected chi connectivity index (χ0v) is 9.74. The van der Waals surface area contributed by atoms with E-state index in [-0.39, 0.29) is 0 Å². The molecule has 1 nitrogen and oxygen atoms in total. The highest BCUT2D eigenvalue weighted by atomic mass is 32.2. The molecule has 2 atom stereocenters. The zero-order chi connectivity index (χ0) is 9.52. The third-order valence-corrected chi connectivity index (χ3v) is 4.97. The Morgan fingerprint density at radius 2 is 2.38 bits per heavy atom. The predicted octanol–water partition coefficient (Wildman–Crippen LogP) is 2.42. The monoisotopic (exact) mass is 202 g/mol. The lowest BCUT2D eigenvalue weighted by atomic mass is 10.3. The first-order chi connectivity index (χ1) is 6.36. The van der Waals surface area contributed by atoms with Gasteiger partial charge in [-0.25, -0.2) is 0 Å². The molecule has 1 aliphatic rings. The average Bonchev–Trinajstić information content (AvgIpc) is 2.58. The SMILES string of the molecule is C[CH]C[S+](CCC)CC1CCCO1. The minimum Gasteiger partial charge on any atom is -0.373 e. The van der Waals surface area contributed by atoms with Gasteiger partial charge in [-0.15, -0.1) is 0 Å². The van der Waals surface area contributed by atoms with E-state index in [9.17, 15) is 0 Å². The lowest BCUT2D eigenvalue weighted by Crippen LogP contribution is -2.25. The molecule has 0 amide bonds. The van der Waals surface area contributed by atoms with Crippen LogP contribution in [0.5, 0.6) is 0 Å². The number of hydrogen-bond donors (Lipinski definition) is 0. The van der Waals surface area contributed by atoms with E-state index in [1.807, 2.05) is 0 Å². The van der Waals surface area contributed by atoms with Crippen LogP contribution < -0.4 is 0 Å². The van der Waals surface area contributed by atoms with Crippen LogP contribution in [0.25, 0.3) is 0 Å². The van der Waals surface area contributed by atoms with Gasteiger partial charge < -0.3 is 4.74 Å². The van der Waals surface area contributed by atoms with Crippen molar-refractivity contribution in [2.75, 3.05) is 23.9 Å². The first kappa shape index (κ1) is 11.4. The van der Waals surface area contributed by atoms with Gasteiger partial charge >= 0.3 is 0 Å². The van der Waals surface area contributed by atoms with E-state index in [0.717, 1.165) is 6.61 Å². The van der Waals surface area contributed by atoms with Gasteiger partial charge in [0, 0.05) is 13.0 Å². The fraction of sp³-hybridized carbons (Fsp3) is 0.909. The van der Waals surface area contributed by atoms with Gasteiger partial charge in [0.2, 0.25) is 0 Å². The van der Waals surface area contributed by atoms with Crippen molar-refractivity contribution in [2.24, 2.45) is 0 Å². The molecule has 13 heavy (non-hydrogen) atoms. The molecular weight excluding hydrogens is 180 g/mol. The van der Waals surface area contributed by atoms with E-state index in [2.05, 4.69) is 20.3 Å². The Morgan fingerprint density at radius 1 is 1.54 bits per heavy atom. The summed E-state index contributed by atoms with van der Waals surface area (Å²) in [6, 6.07) is 0. The Hall–Kier alpha value is 0.310. The maximum atomic E-state index is 5.67. The molecule has 0 aromatic carbocycles. The summed E-state index contributed by atoms with van der Waals surface area (Å²) < 4.78 is 5.67. The normalized spacial score (nSPS) is 22.8. The van der Waals surface area contributed by atoms with E-state index in [1.165, 1.54) is 36.5 Å². The molecule has 1 rings (SSSR count). The molecule has 1 fully saturated rings. The number of ether oxygens (including phenoxy) is 1. The lowest BCUT2D eigenvalue weighted by Gasteiger charge is -2.11. The first-order valence-corrected chi connectivity index (χ1v) is 7.13. The largest absolute Gasteiger partial charge is 0.373 e. The molecule has 0 N–H and O–H groups in total. The number of rotatable bonds is 6. The van der Waals surface area contributed by atoms with Gasteiger partial charge in [0.15, 0.2) is 0 Å². The van der Waals surface area contributed by atoms with E-state index in [0.29, 0.717) is 17.0 Å². The standard InChI is InChI=1S/C11H22OS/c1-3-8-13(9-4-2)10-11-6-5-7-12-11/h3,11H,4-10H2,1-2H3/q+1. The van der Waals surface area contributed by atoms with Crippen molar-refractivity contribution in [3.05, 3.63) is 6.42 Å². The van der Waals surface area contributed by atoms with Gasteiger partial charge in [-0.2, -0.15) is 0 Å². The lowest BCUT2D eigenvalue weighted by molar-refractivity contribution is 0.128. The summed E-state index contributed by atoms with van der Waals surface area (Å²) >= 11 is 0. The minimum atomic E-state index is 0.592. The van der Waals surface area contributed by atoms with Crippen LogP contribution in [0.3, 0.4) is 0 Å². The Labute approximate surface area is 85.6 Å². The van der Waals surface area contributed by atoms with Crippen LogP contribution in [0, 0.1) is 6.42 Å². The Balaban J connectivity index is 2.19. The first-order valence-electron chi connectivity index (χ1n) is 5.40. The van der Waals surface area contributed by atoms with E-state index in [1.54, 1.807) is 0 Å². The van der Waals surface area contributed by atoms with Crippen molar-refractivity contribution >= 4 is 10.9 Å². The van der Waals surface area contributed by atoms with Crippen molar-refractivity contribution in [3.8, 4) is 0 Å². The highest BCUT2D eigenvalue weighted by Gasteiger charge is 2.25. The average molecular weight is 202 g/mol. The Kier molecular flexibility index (Phi) is 5.88. The van der Waals surface area contributed by atoms with Crippen LogP contribution in [0.1, 0.15) is 33.1 Å². The van der Waals surface area contributed by atoms with Gasteiger partial charge in [0.1, 0.15) is 23.4 Å². The summed E-state index contributed by atoms with van der Waals surface area (Å²) in [5.74, 6) is 4.01. The summed E-state index contributed by atoms with van der Waals surface area (Å²) in [6.07, 6.45) is 6.81. The molecule has 1 saturated heterocycles. The van der Waals surface area contributed by atoms with Crippen molar-refractivity contribution < 1.29 is 4.74 Å². The Morgan fingerprint density at radius 3 is 2.92 bits per heavy atom. The van der Waals surface area contributed by atoms with Gasteiger partial charge in [0.25, 0.3) is 0 Å². The molecule has 2 unspecified atom stereocenters. The van der Waals surface area contributed by atoms with E-state index in [4.69, 9.17) is 4.74 Å². The molecule has 1 aliphatic heterocycles. The molecule has 0 aliphatic carbocycles. The Bertz CT molecular complexity index is 115. The second-order valence-electron chi connectivity index (χ2n) is 3.69. The van der Waals surface area contributed by atoms with Crippen molar-refractivity contribution in [3.63, 3.8) is 0 Å². The summed E-state index contributed by atoms with van der Waals surface area (Å²) in [5.41, 5.74) is 0. The van der Waals surface area contributed by atoms with Gasteiger partial charge in [-0.05, 0) is 30.2 Å². The molecule has 1 radical (unpaired) electrons. The molecule has 0 saturated carbocycles. The van der Waals surface area contributed by atoms with Crippen molar-refractivity contribution in [1.29, 1.82) is 0 Å². The molecule has 1 heterocycles. The quantitative estimate of drug-likeness (QED) is 0.601. The van der Waals surface area contributed by atoms with E-state index < -0.39 is 0 Å².